The summed E-state index contributed by atoms with van der Waals surface area (Å²) >= 11 is 0. The molecule has 0 spiro atoms. The number of anilines is 2. The zero-order valence-corrected chi connectivity index (χ0v) is 21.3. The molecule has 2 N–H and O–H groups in total. The fraction of sp³-hybridized carbons (Fsp3) is 0.357. The third-order valence-corrected chi connectivity index (χ3v) is 6.63. The SMILES string of the molecule is CC(C)N(c1nn(-c2ccc(NC(=O)c3ccccc3)cc2)cc1OC(=O)O)C(=O)[C@H]1CC[C@H](C)CC1. The number of carbonyl (C=O) groups is 3. The van der Waals surface area contributed by atoms with Gasteiger partial charge in [-0.25, -0.2) is 9.48 Å². The maximum Gasteiger partial charge on any atom is 0.511 e. The number of hydrogen-bond acceptors (Lipinski definition) is 5. The molecule has 2 amide bonds. The summed E-state index contributed by atoms with van der Waals surface area (Å²) in [5.41, 5.74) is 1.75. The van der Waals surface area contributed by atoms with E-state index >= 15 is 0 Å². The van der Waals surface area contributed by atoms with E-state index in [9.17, 15) is 19.5 Å². The number of nitrogens with one attached hydrogen (secondary N) is 1. The lowest BCUT2D eigenvalue weighted by molar-refractivity contribution is -0.124. The Kier molecular flexibility index (Phi) is 7.91. The first-order valence-corrected chi connectivity index (χ1v) is 12.5. The summed E-state index contributed by atoms with van der Waals surface area (Å²) in [6.07, 6.45) is 3.55. The number of hydrogen-bond donors (Lipinski definition) is 2. The Hall–Kier alpha value is -4.14. The van der Waals surface area contributed by atoms with Crippen LogP contribution in [0.25, 0.3) is 5.69 Å². The lowest BCUT2D eigenvalue weighted by Gasteiger charge is -2.32. The van der Waals surface area contributed by atoms with Crippen LogP contribution in [0.5, 0.6) is 5.75 Å². The number of rotatable bonds is 7. The molecule has 0 saturated heterocycles. The van der Waals surface area contributed by atoms with Gasteiger partial charge in [-0.15, -0.1) is 5.10 Å². The van der Waals surface area contributed by atoms with E-state index in [1.165, 1.54) is 10.9 Å². The Morgan fingerprint density at radius 3 is 2.27 bits per heavy atom. The Morgan fingerprint density at radius 1 is 1.03 bits per heavy atom. The topological polar surface area (TPSA) is 114 Å². The quantitative estimate of drug-likeness (QED) is 0.396. The fourth-order valence-electron chi connectivity index (χ4n) is 4.61. The van der Waals surface area contributed by atoms with Gasteiger partial charge >= 0.3 is 6.16 Å². The molecule has 4 rings (SSSR count). The second-order valence-electron chi connectivity index (χ2n) is 9.76. The van der Waals surface area contributed by atoms with Crippen molar-refractivity contribution in [1.29, 1.82) is 0 Å². The molecule has 0 radical (unpaired) electrons. The molecule has 0 unspecified atom stereocenters. The lowest BCUT2D eigenvalue weighted by atomic mass is 9.82. The molecular formula is C28H32N4O5. The zero-order valence-electron chi connectivity index (χ0n) is 21.3. The predicted molar refractivity (Wildman–Crippen MR) is 140 cm³/mol. The molecule has 0 aliphatic heterocycles. The molecule has 0 bridgehead atoms. The standard InChI is InChI=1S/C28H32N4O5/c1-18(2)32(27(34)21-11-9-19(3)10-12-21)25-24(37-28(35)36)17-31(30-25)23-15-13-22(14-16-23)29-26(33)20-7-5-4-6-8-20/h4-8,13-19,21H,9-12H2,1-3H3,(H,29,33)(H,35,36)/t19-,21-. The average Bonchev–Trinajstić information content (AvgIpc) is 3.27. The van der Waals surface area contributed by atoms with Crippen molar-refractivity contribution in [2.24, 2.45) is 11.8 Å². The van der Waals surface area contributed by atoms with E-state index in [4.69, 9.17) is 4.74 Å². The fourth-order valence-corrected chi connectivity index (χ4v) is 4.61. The molecule has 1 fully saturated rings. The molecule has 1 saturated carbocycles. The predicted octanol–water partition coefficient (Wildman–Crippen LogP) is 5.75. The minimum atomic E-state index is -1.48. The van der Waals surface area contributed by atoms with Crippen LogP contribution < -0.4 is 15.0 Å². The van der Waals surface area contributed by atoms with Gasteiger partial charge in [-0.05, 0) is 81.8 Å². The number of benzene rings is 2. The van der Waals surface area contributed by atoms with E-state index < -0.39 is 6.16 Å². The van der Waals surface area contributed by atoms with Crippen molar-refractivity contribution < 1.29 is 24.2 Å². The van der Waals surface area contributed by atoms with Crippen LogP contribution in [0.4, 0.5) is 16.3 Å². The maximum absolute atomic E-state index is 13.5. The Balaban J connectivity index is 1.59. The Labute approximate surface area is 216 Å². The molecule has 1 heterocycles. The van der Waals surface area contributed by atoms with Crippen LogP contribution in [0.3, 0.4) is 0 Å². The van der Waals surface area contributed by atoms with Gasteiger partial charge in [0.25, 0.3) is 5.91 Å². The summed E-state index contributed by atoms with van der Waals surface area (Å²) in [5.74, 6) is 0.329. The van der Waals surface area contributed by atoms with Gasteiger partial charge in [-0.3, -0.25) is 14.5 Å². The molecule has 1 aromatic heterocycles. The number of aromatic nitrogens is 2. The van der Waals surface area contributed by atoms with E-state index in [1.54, 1.807) is 53.4 Å². The van der Waals surface area contributed by atoms with Gasteiger partial charge in [0.1, 0.15) is 0 Å². The average molecular weight is 505 g/mol. The largest absolute Gasteiger partial charge is 0.511 e. The smallest absolute Gasteiger partial charge is 0.449 e. The molecule has 194 valence electrons. The third-order valence-electron chi connectivity index (χ3n) is 6.63. The first-order chi connectivity index (χ1) is 17.7. The van der Waals surface area contributed by atoms with Crippen molar-refractivity contribution >= 4 is 29.5 Å². The molecule has 9 nitrogen and oxygen atoms in total. The molecular weight excluding hydrogens is 472 g/mol. The van der Waals surface area contributed by atoms with Crippen LogP contribution in [0.15, 0.2) is 60.8 Å². The number of amides is 2. The van der Waals surface area contributed by atoms with Crippen molar-refractivity contribution in [3.05, 3.63) is 66.4 Å². The van der Waals surface area contributed by atoms with Crippen molar-refractivity contribution in [3.8, 4) is 11.4 Å². The van der Waals surface area contributed by atoms with Crippen molar-refractivity contribution in [1.82, 2.24) is 9.78 Å². The summed E-state index contributed by atoms with van der Waals surface area (Å²) in [7, 11) is 0. The summed E-state index contributed by atoms with van der Waals surface area (Å²) in [6.45, 7) is 5.94. The Morgan fingerprint density at radius 2 is 1.68 bits per heavy atom. The van der Waals surface area contributed by atoms with Gasteiger partial charge in [0.05, 0.1) is 11.9 Å². The highest BCUT2D eigenvalue weighted by Crippen LogP contribution is 2.35. The van der Waals surface area contributed by atoms with Crippen LogP contribution in [-0.2, 0) is 4.79 Å². The Bertz CT molecular complexity index is 1250. The maximum atomic E-state index is 13.5. The highest BCUT2D eigenvalue weighted by molar-refractivity contribution is 6.04. The number of carboxylic acid groups (broad SMARTS) is 1. The summed E-state index contributed by atoms with van der Waals surface area (Å²) in [4.78, 5) is 38.9. The molecule has 1 aliphatic rings. The molecule has 2 aromatic carbocycles. The van der Waals surface area contributed by atoms with E-state index in [2.05, 4.69) is 17.3 Å². The van der Waals surface area contributed by atoms with E-state index in [-0.39, 0.29) is 35.3 Å². The van der Waals surface area contributed by atoms with Gasteiger partial charge in [-0.2, -0.15) is 0 Å². The van der Waals surface area contributed by atoms with Crippen LogP contribution in [0, 0.1) is 11.8 Å². The van der Waals surface area contributed by atoms with Crippen LogP contribution >= 0.6 is 0 Å². The highest BCUT2D eigenvalue weighted by Gasteiger charge is 2.34. The second-order valence-corrected chi connectivity index (χ2v) is 9.76. The molecule has 0 atom stereocenters. The monoisotopic (exact) mass is 504 g/mol. The first kappa shape index (κ1) is 25.9. The van der Waals surface area contributed by atoms with Crippen LogP contribution in [0.2, 0.25) is 0 Å². The van der Waals surface area contributed by atoms with Gasteiger partial charge < -0.3 is 15.2 Å². The summed E-state index contributed by atoms with van der Waals surface area (Å²) < 4.78 is 6.52. The van der Waals surface area contributed by atoms with Crippen molar-refractivity contribution in [2.45, 2.75) is 52.5 Å². The van der Waals surface area contributed by atoms with Gasteiger partial charge in [-0.1, -0.05) is 25.1 Å². The van der Waals surface area contributed by atoms with Gasteiger partial charge in [0, 0.05) is 23.2 Å². The third kappa shape index (κ3) is 6.17. The van der Waals surface area contributed by atoms with Gasteiger partial charge in [0.15, 0.2) is 5.75 Å². The van der Waals surface area contributed by atoms with Crippen molar-refractivity contribution in [2.75, 3.05) is 10.2 Å². The zero-order chi connectivity index (χ0) is 26.5. The normalized spacial score (nSPS) is 17.3. The van der Waals surface area contributed by atoms with E-state index in [0.29, 0.717) is 22.9 Å². The molecule has 37 heavy (non-hydrogen) atoms. The number of carbonyl (C=O) groups excluding carboxylic acids is 2. The highest BCUT2D eigenvalue weighted by atomic mass is 16.7. The molecule has 1 aliphatic carbocycles. The number of nitrogens with zero attached hydrogens (tertiary/aromatic N) is 3. The molecule has 9 heteroatoms. The summed E-state index contributed by atoms with van der Waals surface area (Å²) in [5, 5.41) is 16.7. The van der Waals surface area contributed by atoms with Crippen LogP contribution in [-0.4, -0.2) is 38.9 Å². The van der Waals surface area contributed by atoms with Crippen LogP contribution in [0.1, 0.15) is 56.8 Å². The minimum absolute atomic E-state index is 0.0137. The first-order valence-electron chi connectivity index (χ1n) is 12.5. The van der Waals surface area contributed by atoms with Gasteiger partial charge in [0.2, 0.25) is 11.7 Å². The lowest BCUT2D eigenvalue weighted by Crippen LogP contribution is -2.42. The molecule has 3 aromatic rings. The van der Waals surface area contributed by atoms with Crippen molar-refractivity contribution in [3.63, 3.8) is 0 Å². The number of ether oxygens (including phenoxy) is 1. The second kappa shape index (κ2) is 11.3. The minimum Gasteiger partial charge on any atom is -0.449 e. The van der Waals surface area contributed by atoms with E-state index in [1.807, 2.05) is 19.9 Å². The van der Waals surface area contributed by atoms with E-state index in [0.717, 1.165) is 25.7 Å². The summed E-state index contributed by atoms with van der Waals surface area (Å²) in [6, 6.07) is 15.6.